The first-order valence-electron chi connectivity index (χ1n) is 18.1. The Morgan fingerprint density at radius 1 is 1.14 bits per heavy atom. The van der Waals surface area contributed by atoms with Crippen molar-refractivity contribution in [1.82, 2.24) is 10.0 Å². The van der Waals surface area contributed by atoms with Gasteiger partial charge in [0.2, 0.25) is 0 Å². The van der Waals surface area contributed by atoms with E-state index in [-0.39, 0.29) is 41.1 Å². The minimum absolute atomic E-state index is 0.0118. The molecule has 2 saturated carbocycles. The van der Waals surface area contributed by atoms with Crippen LogP contribution in [0, 0.1) is 29.6 Å². The van der Waals surface area contributed by atoms with Gasteiger partial charge < -0.3 is 24.4 Å². The van der Waals surface area contributed by atoms with Crippen LogP contribution in [0.5, 0.6) is 5.75 Å². The topological polar surface area (TPSA) is 119 Å². The molecule has 268 valence electrons. The molecule has 12 heteroatoms. The Hall–Kier alpha value is -3.12. The molecule has 2 N–H and O–H groups in total. The van der Waals surface area contributed by atoms with Crippen LogP contribution in [0.1, 0.15) is 60.5 Å². The van der Waals surface area contributed by atoms with E-state index in [2.05, 4.69) is 43.6 Å². The molecule has 10 nitrogen and oxygen atoms in total. The first kappa shape index (κ1) is 34.0. The number of fused-ring (bicyclic) bond motifs is 5. The highest BCUT2D eigenvalue weighted by Gasteiger charge is 2.55. The maximum Gasteiger partial charge on any atom is 0.327 e. The number of urea groups is 1. The zero-order valence-electron chi connectivity index (χ0n) is 28.8. The summed E-state index contributed by atoms with van der Waals surface area (Å²) in [6, 6.07) is 11.0. The third kappa shape index (κ3) is 6.55. The first-order chi connectivity index (χ1) is 24.1. The van der Waals surface area contributed by atoms with Gasteiger partial charge in [0.15, 0.2) is 0 Å². The lowest BCUT2D eigenvalue weighted by molar-refractivity contribution is 0.0131. The van der Waals surface area contributed by atoms with Gasteiger partial charge in [-0.2, -0.15) is 0 Å². The van der Waals surface area contributed by atoms with E-state index in [4.69, 9.17) is 25.8 Å². The van der Waals surface area contributed by atoms with Gasteiger partial charge in [-0.1, -0.05) is 36.7 Å². The molecule has 3 amide bonds. The Bertz CT molecular complexity index is 1820. The number of anilines is 1. The Labute approximate surface area is 299 Å². The zero-order valence-corrected chi connectivity index (χ0v) is 30.3. The number of nitrogens with one attached hydrogen (secondary N) is 2. The Kier molecular flexibility index (Phi) is 9.15. The van der Waals surface area contributed by atoms with Crippen LogP contribution in [0.15, 0.2) is 52.9 Å². The average molecular weight is 723 g/mol. The number of hydrogen-bond acceptors (Lipinski definition) is 7. The van der Waals surface area contributed by atoms with Crippen molar-refractivity contribution in [2.24, 2.45) is 34.0 Å². The van der Waals surface area contributed by atoms with Crippen molar-refractivity contribution in [3.63, 3.8) is 0 Å². The van der Waals surface area contributed by atoms with E-state index in [9.17, 15) is 13.8 Å². The summed E-state index contributed by atoms with van der Waals surface area (Å²) >= 11 is 6.45. The summed E-state index contributed by atoms with van der Waals surface area (Å²) in [7, 11) is -1.70. The van der Waals surface area contributed by atoms with Crippen molar-refractivity contribution in [1.29, 1.82) is 0 Å². The number of ether oxygens (including phenoxy) is 3. The highest BCUT2D eigenvalue weighted by Crippen LogP contribution is 2.47. The van der Waals surface area contributed by atoms with Crippen molar-refractivity contribution < 1.29 is 28.0 Å². The number of carbonyl (C=O) groups excluding carboxylic acids is 2. The van der Waals surface area contributed by atoms with Crippen LogP contribution < -0.4 is 19.7 Å². The zero-order chi connectivity index (χ0) is 34.6. The maximum absolute atomic E-state index is 14.4. The smallest absolute Gasteiger partial charge is 0.327 e. The minimum Gasteiger partial charge on any atom is -0.490 e. The second-order valence-corrected chi connectivity index (χ2v) is 17.9. The number of aryl methyl sites for hydroxylation is 1. The van der Waals surface area contributed by atoms with Gasteiger partial charge in [0.25, 0.3) is 5.91 Å². The SMILES string of the molecule is CO[C@H]1/C=C/C[C@H](C)CS(=O)(NC(=O)N[C@H]2[C@@H]3COC[C@@H]32)=NC(=O)c2ccc3c(c2)N(C[C@@H]2CC[C@H]21)C[C@@]1(CCCc2cc(Cl)ccc21)CO3. The molecule has 3 aliphatic carbocycles. The number of hydrogen-bond donors (Lipinski definition) is 2. The predicted octanol–water partition coefficient (Wildman–Crippen LogP) is 5.92. The van der Waals surface area contributed by atoms with Crippen LogP contribution in [0.25, 0.3) is 0 Å². The average Bonchev–Trinajstić information content (AvgIpc) is 3.50. The van der Waals surface area contributed by atoms with Crippen molar-refractivity contribution in [2.75, 3.05) is 50.7 Å². The fraction of sp³-hybridized carbons (Fsp3) is 0.579. The molecule has 8 rings (SSSR count). The molecule has 3 fully saturated rings. The van der Waals surface area contributed by atoms with E-state index < -0.39 is 21.9 Å². The Morgan fingerprint density at radius 2 is 1.98 bits per heavy atom. The van der Waals surface area contributed by atoms with Crippen LogP contribution in [0.2, 0.25) is 5.02 Å². The largest absolute Gasteiger partial charge is 0.490 e. The van der Waals surface area contributed by atoms with Crippen molar-refractivity contribution in [3.8, 4) is 5.75 Å². The predicted molar refractivity (Wildman–Crippen MR) is 193 cm³/mol. The lowest BCUT2D eigenvalue weighted by Gasteiger charge is -2.46. The number of nitrogens with zero attached hydrogens (tertiary/aromatic N) is 2. The van der Waals surface area contributed by atoms with Gasteiger partial charge in [0, 0.05) is 54.1 Å². The summed E-state index contributed by atoms with van der Waals surface area (Å²) in [6.45, 7) is 5.22. The van der Waals surface area contributed by atoms with Crippen molar-refractivity contribution in [3.05, 3.63) is 70.3 Å². The lowest BCUT2D eigenvalue weighted by atomic mass is 9.68. The molecule has 2 aromatic rings. The summed E-state index contributed by atoms with van der Waals surface area (Å²) in [4.78, 5) is 29.5. The van der Waals surface area contributed by atoms with Gasteiger partial charge in [-0.25, -0.2) is 9.00 Å². The van der Waals surface area contributed by atoms with E-state index in [1.807, 2.05) is 25.1 Å². The molecule has 50 heavy (non-hydrogen) atoms. The molecular formula is C38H47ClN4O6S. The van der Waals surface area contributed by atoms with Crippen LogP contribution in [0.3, 0.4) is 0 Å². The third-order valence-corrected chi connectivity index (χ3v) is 14.2. The van der Waals surface area contributed by atoms with Gasteiger partial charge >= 0.3 is 6.03 Å². The molecule has 0 aromatic heterocycles. The summed E-state index contributed by atoms with van der Waals surface area (Å²) in [5.74, 6) is 1.32. The maximum atomic E-state index is 14.4. The number of allylic oxidation sites excluding steroid dienone is 1. The molecule has 1 spiro atoms. The van der Waals surface area contributed by atoms with Crippen molar-refractivity contribution in [2.45, 2.75) is 63.0 Å². The molecule has 9 atom stereocenters. The van der Waals surface area contributed by atoms with Crippen LogP contribution in [-0.2, 0) is 31.2 Å². The second kappa shape index (κ2) is 13.5. The second-order valence-electron chi connectivity index (χ2n) is 15.4. The summed E-state index contributed by atoms with van der Waals surface area (Å²) in [5.41, 5.74) is 3.45. The fourth-order valence-corrected chi connectivity index (χ4v) is 11.2. The summed E-state index contributed by atoms with van der Waals surface area (Å²) in [5, 5.41) is 3.69. The number of benzene rings is 2. The van der Waals surface area contributed by atoms with Gasteiger partial charge in [-0.15, -0.1) is 4.36 Å². The molecular weight excluding hydrogens is 676 g/mol. The number of amides is 3. The summed E-state index contributed by atoms with van der Waals surface area (Å²) in [6.07, 6.45) is 9.96. The molecule has 1 saturated heterocycles. The molecule has 3 heterocycles. The molecule has 0 radical (unpaired) electrons. The van der Waals surface area contributed by atoms with E-state index >= 15 is 0 Å². The van der Waals surface area contributed by atoms with Crippen LogP contribution in [-0.4, -0.2) is 74.1 Å². The number of methoxy groups -OCH3 is 1. The molecule has 2 bridgehead atoms. The van der Waals surface area contributed by atoms with Gasteiger partial charge in [-0.3, -0.25) is 9.52 Å². The van der Waals surface area contributed by atoms with E-state index in [0.717, 1.165) is 55.9 Å². The van der Waals surface area contributed by atoms with Crippen LogP contribution in [0.4, 0.5) is 10.5 Å². The van der Waals surface area contributed by atoms with E-state index in [1.165, 1.54) is 11.1 Å². The van der Waals surface area contributed by atoms with Gasteiger partial charge in [-0.05, 0) is 97.7 Å². The molecule has 1 unspecified atom stereocenters. The van der Waals surface area contributed by atoms with Gasteiger partial charge in [0.05, 0.1) is 37.4 Å². The van der Waals surface area contributed by atoms with Crippen LogP contribution >= 0.6 is 11.6 Å². The highest BCUT2D eigenvalue weighted by atomic mass is 35.5. The van der Waals surface area contributed by atoms with Crippen molar-refractivity contribution >= 4 is 39.1 Å². The van der Waals surface area contributed by atoms with E-state index in [0.29, 0.717) is 49.4 Å². The number of halogens is 1. The summed E-state index contributed by atoms with van der Waals surface area (Å²) < 4.78 is 39.5. The van der Waals surface area contributed by atoms with E-state index in [1.54, 1.807) is 13.2 Å². The Morgan fingerprint density at radius 3 is 2.76 bits per heavy atom. The standard InChI is InChI=1S/C38H47ClN4O6S/c1-23-5-3-7-33(47-2)28-11-8-26(28)17-43-21-38(14-4-6-24-15-27(39)10-12-31(24)38)22-49-34-13-9-25(16-32(34)43)36(44)41-50(46,20-23)42-37(45)40-35-29-18-48-19-30(29)35/h3,7,9-10,12-13,15-16,23,26,28-30,33,35H,4-6,8,11,14,17-22H2,1-2H3,(H2,40,41,42,44,45,46)/b7-3+/t23-,26-,28+,29-,30+,33-,35+,38-,50?/m0/s1. The number of carbonyl (C=O) groups is 2. The highest BCUT2D eigenvalue weighted by molar-refractivity contribution is 7.92. The molecule has 3 aliphatic heterocycles. The number of rotatable bonds is 3. The van der Waals surface area contributed by atoms with Gasteiger partial charge in [0.1, 0.15) is 15.7 Å². The molecule has 6 aliphatic rings. The molecule has 2 aromatic carbocycles. The normalized spacial score (nSPS) is 36.7. The monoisotopic (exact) mass is 722 g/mol. The fourth-order valence-electron chi connectivity index (χ4n) is 9.15. The third-order valence-electron chi connectivity index (χ3n) is 12.0. The first-order valence-corrected chi connectivity index (χ1v) is 20.2. The minimum atomic E-state index is -3.47. The Balaban J connectivity index is 1.16. The lowest BCUT2D eigenvalue weighted by Crippen LogP contribution is -2.49. The quantitative estimate of drug-likeness (QED) is 0.378.